The molecule has 5 nitrogen and oxygen atoms in total. The van der Waals surface area contributed by atoms with Gasteiger partial charge in [0.05, 0.1) is 21.1 Å². The molecule has 0 spiro atoms. The van der Waals surface area contributed by atoms with Gasteiger partial charge in [-0.15, -0.1) is 0 Å². The van der Waals surface area contributed by atoms with Gasteiger partial charge in [0, 0.05) is 0 Å². The minimum atomic E-state index is -4.72. The molecule has 0 aliphatic rings. The average molecular weight is 462 g/mol. The van der Waals surface area contributed by atoms with Crippen LogP contribution < -0.4 is 4.89 Å². The summed E-state index contributed by atoms with van der Waals surface area (Å²) in [6, 6.07) is 0. The monoisotopic (exact) mass is 461 g/mol. The van der Waals surface area contributed by atoms with Crippen molar-refractivity contribution in [3.05, 3.63) is 11.6 Å². The third-order valence-electron chi connectivity index (χ3n) is 5.90. The number of phosphoric acid groups is 1. The van der Waals surface area contributed by atoms with Crippen molar-refractivity contribution < 1.29 is 23.4 Å². The third kappa shape index (κ3) is 21.4. The molecule has 4 unspecified atom stereocenters. The molecule has 4 atom stereocenters. The molecule has 0 heterocycles. The summed E-state index contributed by atoms with van der Waals surface area (Å²) in [6.07, 6.45) is 13.5. The largest absolute Gasteiger partial charge is 0.756 e. The molecule has 0 saturated heterocycles. The minimum Gasteiger partial charge on any atom is -0.756 e. The Bertz CT molecular complexity index is 536. The van der Waals surface area contributed by atoms with Gasteiger partial charge in [-0.2, -0.15) is 0 Å². The Morgan fingerprint density at radius 1 is 0.968 bits per heavy atom. The average Bonchev–Trinajstić information content (AvgIpc) is 2.56. The van der Waals surface area contributed by atoms with E-state index in [-0.39, 0.29) is 0 Å². The van der Waals surface area contributed by atoms with Crippen LogP contribution in [0.2, 0.25) is 0 Å². The Kier molecular flexibility index (Phi) is 15.5. The zero-order valence-electron chi connectivity index (χ0n) is 21.7. The first-order chi connectivity index (χ1) is 14.2. The molecule has 0 radical (unpaired) electrons. The fourth-order valence-electron chi connectivity index (χ4n) is 4.09. The van der Waals surface area contributed by atoms with Crippen LogP contribution in [-0.2, 0) is 9.09 Å². The molecule has 0 aliphatic heterocycles. The van der Waals surface area contributed by atoms with E-state index in [0.29, 0.717) is 17.4 Å². The molecule has 0 aromatic rings. The second kappa shape index (κ2) is 15.6. The number of rotatable bonds is 18. The first kappa shape index (κ1) is 30.8. The van der Waals surface area contributed by atoms with Gasteiger partial charge < -0.3 is 18.8 Å². The van der Waals surface area contributed by atoms with Crippen LogP contribution in [0, 0.1) is 17.8 Å². The first-order valence-electron chi connectivity index (χ1n) is 12.4. The van der Waals surface area contributed by atoms with Gasteiger partial charge in [0.15, 0.2) is 0 Å². The lowest BCUT2D eigenvalue weighted by Gasteiger charge is -2.31. The molecule has 0 saturated carbocycles. The van der Waals surface area contributed by atoms with Crippen molar-refractivity contribution in [3.63, 3.8) is 0 Å². The molecule has 0 aliphatic carbocycles. The van der Waals surface area contributed by atoms with E-state index in [1.807, 2.05) is 21.1 Å². The maximum atomic E-state index is 11.2. The highest BCUT2D eigenvalue weighted by Crippen LogP contribution is 2.34. The number of phosphoric ester groups is 1. The zero-order chi connectivity index (χ0) is 24.1. The zero-order valence-corrected chi connectivity index (χ0v) is 22.6. The van der Waals surface area contributed by atoms with E-state index in [1.165, 1.54) is 50.5 Å². The summed E-state index contributed by atoms with van der Waals surface area (Å²) in [5.41, 5.74) is 1.26. The Morgan fingerprint density at radius 2 is 1.45 bits per heavy atom. The van der Waals surface area contributed by atoms with Gasteiger partial charge in [0.2, 0.25) is 0 Å². The number of nitrogens with zero attached hydrogens (tertiary/aromatic N) is 1. The van der Waals surface area contributed by atoms with Crippen LogP contribution in [-0.4, -0.2) is 43.2 Å². The second-order valence-electron chi connectivity index (χ2n) is 11.3. The van der Waals surface area contributed by atoms with Gasteiger partial charge >= 0.3 is 0 Å². The molecule has 1 N–H and O–H groups in total. The molecular weight excluding hydrogens is 409 g/mol. The number of hydrogen-bond acceptors (Lipinski definition) is 3. The molecule has 0 aromatic carbocycles. The van der Waals surface area contributed by atoms with Crippen molar-refractivity contribution >= 4 is 7.82 Å². The maximum absolute atomic E-state index is 11.2. The highest BCUT2D eigenvalue weighted by molar-refractivity contribution is 7.44. The topological polar surface area (TPSA) is 69.6 Å². The summed E-state index contributed by atoms with van der Waals surface area (Å²) in [7, 11) is 1.22. The first-order valence-corrected chi connectivity index (χ1v) is 13.9. The molecular formula is C25H52NO4P. The summed E-state index contributed by atoms with van der Waals surface area (Å²) < 4.78 is 16.6. The molecule has 0 amide bonds. The van der Waals surface area contributed by atoms with E-state index in [4.69, 9.17) is 9.42 Å². The summed E-state index contributed by atoms with van der Waals surface area (Å²) in [5.74, 6) is 2.43. The van der Waals surface area contributed by atoms with Crippen molar-refractivity contribution in [2.45, 2.75) is 105 Å². The van der Waals surface area contributed by atoms with Gasteiger partial charge in [0.25, 0.3) is 7.82 Å². The van der Waals surface area contributed by atoms with Crippen LogP contribution >= 0.6 is 7.82 Å². The van der Waals surface area contributed by atoms with E-state index in [9.17, 15) is 9.46 Å². The Balaban J connectivity index is 4.16. The lowest BCUT2D eigenvalue weighted by atomic mass is 9.91. The number of hydrogen-bond donors (Lipinski definition) is 1. The SMILES string of the molecule is CC(=CCC(C[N+](C)(C)C)OP(=O)([O-])O)CCCC(C)CCCC(C)CCCC(C)C. The van der Waals surface area contributed by atoms with Crippen LogP contribution in [0.3, 0.4) is 0 Å². The number of likely N-dealkylation sites (N-methyl/N-ethyl adjacent to an activating group) is 1. The van der Waals surface area contributed by atoms with Crippen LogP contribution in [0.5, 0.6) is 0 Å². The van der Waals surface area contributed by atoms with Gasteiger partial charge in [-0.1, -0.05) is 84.3 Å². The minimum absolute atomic E-state index is 0.498. The molecule has 0 bridgehead atoms. The summed E-state index contributed by atoms with van der Waals surface area (Å²) in [6.45, 7) is 12.0. The fraction of sp³-hybridized carbons (Fsp3) is 0.920. The fourth-order valence-corrected chi connectivity index (χ4v) is 4.62. The van der Waals surface area contributed by atoms with Gasteiger partial charge in [0.1, 0.15) is 12.6 Å². The summed E-state index contributed by atoms with van der Waals surface area (Å²) in [4.78, 5) is 20.2. The predicted molar refractivity (Wildman–Crippen MR) is 131 cm³/mol. The van der Waals surface area contributed by atoms with Crippen LogP contribution in [0.4, 0.5) is 0 Å². The Labute approximate surface area is 193 Å². The summed E-state index contributed by atoms with van der Waals surface area (Å²) >= 11 is 0. The van der Waals surface area contributed by atoms with E-state index < -0.39 is 13.9 Å². The van der Waals surface area contributed by atoms with Crippen molar-refractivity contribution in [1.29, 1.82) is 0 Å². The van der Waals surface area contributed by atoms with E-state index in [0.717, 1.165) is 30.6 Å². The molecule has 0 aromatic heterocycles. The standard InChI is InChI=1S/C25H52NO4P/c1-21(2)12-9-13-22(3)14-10-15-23(4)16-11-17-24(5)18-19-25(20-26(6,7)8)30-31(27,28)29/h18,21-23,25H,9-17,19-20H2,1-8H3,(H-,27,28,29). The van der Waals surface area contributed by atoms with E-state index >= 15 is 0 Å². The molecule has 186 valence electrons. The van der Waals surface area contributed by atoms with Crippen molar-refractivity contribution in [2.24, 2.45) is 17.8 Å². The molecule has 6 heteroatoms. The normalized spacial score (nSPS) is 18.1. The van der Waals surface area contributed by atoms with Gasteiger partial charge in [-0.25, -0.2) is 0 Å². The van der Waals surface area contributed by atoms with Gasteiger partial charge in [-0.3, -0.25) is 4.57 Å². The van der Waals surface area contributed by atoms with Crippen LogP contribution in [0.25, 0.3) is 0 Å². The highest BCUT2D eigenvalue weighted by atomic mass is 31.2. The predicted octanol–water partition coefficient (Wildman–Crippen LogP) is 6.31. The van der Waals surface area contributed by atoms with E-state index in [2.05, 4.69) is 40.7 Å². The van der Waals surface area contributed by atoms with Crippen LogP contribution in [0.1, 0.15) is 98.8 Å². The molecule has 31 heavy (non-hydrogen) atoms. The van der Waals surface area contributed by atoms with Gasteiger partial charge in [-0.05, 0) is 43.9 Å². The number of quaternary nitrogens is 1. The summed E-state index contributed by atoms with van der Waals surface area (Å²) in [5, 5.41) is 0. The van der Waals surface area contributed by atoms with Crippen molar-refractivity contribution in [3.8, 4) is 0 Å². The third-order valence-corrected chi connectivity index (χ3v) is 6.47. The Morgan fingerprint density at radius 3 is 1.90 bits per heavy atom. The lowest BCUT2D eigenvalue weighted by Crippen LogP contribution is -2.42. The van der Waals surface area contributed by atoms with E-state index in [1.54, 1.807) is 0 Å². The highest BCUT2D eigenvalue weighted by Gasteiger charge is 2.21. The second-order valence-corrected chi connectivity index (χ2v) is 12.5. The smallest absolute Gasteiger partial charge is 0.265 e. The number of allylic oxidation sites excluding steroid dienone is 1. The quantitative estimate of drug-likeness (QED) is 0.147. The maximum Gasteiger partial charge on any atom is 0.265 e. The van der Waals surface area contributed by atoms with Crippen LogP contribution in [0.15, 0.2) is 11.6 Å². The lowest BCUT2D eigenvalue weighted by molar-refractivity contribution is -0.873. The Hall–Kier alpha value is -0.190. The van der Waals surface area contributed by atoms with Crippen molar-refractivity contribution in [1.82, 2.24) is 0 Å². The molecule has 0 rings (SSSR count). The molecule has 0 fully saturated rings. The van der Waals surface area contributed by atoms with Crippen molar-refractivity contribution in [2.75, 3.05) is 27.7 Å².